The maximum absolute atomic E-state index is 11.8. The second kappa shape index (κ2) is 7.38. The Kier molecular flexibility index (Phi) is 4.79. The normalized spacial score (nSPS) is 17.9. The van der Waals surface area contributed by atoms with Crippen LogP contribution in [-0.2, 0) is 16.1 Å². The minimum atomic E-state index is -0.0111. The van der Waals surface area contributed by atoms with Crippen LogP contribution in [0.25, 0.3) is 11.3 Å². The molecule has 4 rings (SSSR count). The van der Waals surface area contributed by atoms with E-state index in [1.807, 2.05) is 31.6 Å². The standard InChI is InChI=1S/C20H23N5O2/c1-25-19-15(12-23-25)11-22-20-16(19)9-17(24-20)14-5-3-4-13(8-14)10-21-18(26)6-7-27-2/h3-5,8-9,11-12,19,23-24H,6-7,10H2,1-2H3,(H,21,26). The van der Waals surface area contributed by atoms with Crippen LogP contribution in [0.2, 0.25) is 0 Å². The van der Waals surface area contributed by atoms with Crippen LogP contribution in [-0.4, -0.2) is 42.9 Å². The van der Waals surface area contributed by atoms with E-state index in [-0.39, 0.29) is 11.9 Å². The number of carbonyl (C=O) groups is 1. The zero-order valence-corrected chi connectivity index (χ0v) is 15.5. The van der Waals surface area contributed by atoms with Gasteiger partial charge in [-0.1, -0.05) is 18.2 Å². The monoisotopic (exact) mass is 365 g/mol. The van der Waals surface area contributed by atoms with Gasteiger partial charge >= 0.3 is 0 Å². The Bertz CT molecular complexity index is 915. The highest BCUT2D eigenvalue weighted by Crippen LogP contribution is 2.40. The number of likely N-dealkylation sites (N-methyl/N-ethyl adjacent to an activating group) is 1. The lowest BCUT2D eigenvalue weighted by Gasteiger charge is -2.23. The molecule has 1 atom stereocenters. The summed E-state index contributed by atoms with van der Waals surface area (Å²) in [7, 11) is 3.62. The maximum atomic E-state index is 11.8. The van der Waals surface area contributed by atoms with Crippen molar-refractivity contribution in [3.63, 3.8) is 0 Å². The van der Waals surface area contributed by atoms with Gasteiger partial charge in [-0.25, -0.2) is 10.0 Å². The summed E-state index contributed by atoms with van der Waals surface area (Å²) in [6, 6.07) is 10.5. The van der Waals surface area contributed by atoms with Crippen molar-refractivity contribution in [1.82, 2.24) is 20.7 Å². The molecule has 1 aromatic carbocycles. The molecule has 1 aromatic heterocycles. The summed E-state index contributed by atoms with van der Waals surface area (Å²) < 4.78 is 4.93. The Morgan fingerprint density at radius 3 is 3.11 bits per heavy atom. The third kappa shape index (κ3) is 3.51. The molecule has 0 radical (unpaired) electrons. The maximum Gasteiger partial charge on any atom is 0.222 e. The number of hydrogen-bond acceptors (Lipinski definition) is 5. The van der Waals surface area contributed by atoms with Crippen molar-refractivity contribution in [3.8, 4) is 11.3 Å². The zero-order valence-electron chi connectivity index (χ0n) is 15.5. The van der Waals surface area contributed by atoms with Gasteiger partial charge in [-0.2, -0.15) is 0 Å². The van der Waals surface area contributed by atoms with Crippen LogP contribution in [0, 0.1) is 0 Å². The third-order valence-electron chi connectivity index (χ3n) is 4.86. The van der Waals surface area contributed by atoms with E-state index >= 15 is 0 Å². The smallest absolute Gasteiger partial charge is 0.222 e. The number of H-pyrrole nitrogens is 1. The molecule has 0 saturated heterocycles. The van der Waals surface area contributed by atoms with Gasteiger partial charge in [0.15, 0.2) is 0 Å². The Balaban J connectivity index is 1.52. The summed E-state index contributed by atoms with van der Waals surface area (Å²) in [6.07, 6.45) is 4.25. The van der Waals surface area contributed by atoms with Crippen molar-refractivity contribution in [2.24, 2.45) is 4.99 Å². The number of benzene rings is 1. The molecule has 2 aliphatic rings. The van der Waals surface area contributed by atoms with Gasteiger partial charge in [0, 0.05) is 56.4 Å². The first-order chi connectivity index (χ1) is 13.2. The largest absolute Gasteiger partial charge is 0.384 e. The second-order valence-corrected chi connectivity index (χ2v) is 6.75. The zero-order chi connectivity index (χ0) is 18.8. The van der Waals surface area contributed by atoms with Crippen molar-refractivity contribution < 1.29 is 9.53 Å². The number of aliphatic imine (C=N–C) groups is 1. The topological polar surface area (TPSA) is 81.7 Å². The van der Waals surface area contributed by atoms with E-state index in [1.54, 1.807) is 7.11 Å². The van der Waals surface area contributed by atoms with Crippen LogP contribution < -0.4 is 10.7 Å². The highest BCUT2D eigenvalue weighted by atomic mass is 16.5. The molecule has 140 valence electrons. The quantitative estimate of drug-likeness (QED) is 0.734. The van der Waals surface area contributed by atoms with E-state index in [9.17, 15) is 4.79 Å². The summed E-state index contributed by atoms with van der Waals surface area (Å²) in [5, 5.41) is 4.99. The van der Waals surface area contributed by atoms with Gasteiger partial charge in [0.1, 0.15) is 5.82 Å². The molecule has 1 amide bonds. The number of ether oxygens (including phenoxy) is 1. The average molecular weight is 365 g/mol. The van der Waals surface area contributed by atoms with E-state index in [1.165, 1.54) is 0 Å². The molecular formula is C20H23N5O2. The number of nitrogens with zero attached hydrogens (tertiary/aromatic N) is 2. The molecule has 2 aliphatic heterocycles. The molecule has 0 spiro atoms. The Morgan fingerprint density at radius 2 is 2.26 bits per heavy atom. The first-order valence-electron chi connectivity index (χ1n) is 8.96. The SMILES string of the molecule is COCCC(=O)NCc1cccc(-c2cc3c([nH]2)N=CC2=CNN(C)C23)c1. The number of amides is 1. The fourth-order valence-corrected chi connectivity index (χ4v) is 3.45. The molecule has 0 aliphatic carbocycles. The van der Waals surface area contributed by atoms with E-state index in [4.69, 9.17) is 4.74 Å². The van der Waals surface area contributed by atoms with Crippen molar-refractivity contribution in [3.05, 3.63) is 53.2 Å². The predicted octanol–water partition coefficient (Wildman–Crippen LogP) is 2.43. The van der Waals surface area contributed by atoms with Gasteiger partial charge in [0.05, 0.1) is 12.6 Å². The van der Waals surface area contributed by atoms with Crippen LogP contribution in [0.3, 0.4) is 0 Å². The molecular weight excluding hydrogens is 342 g/mol. The van der Waals surface area contributed by atoms with Gasteiger partial charge in [0.2, 0.25) is 5.91 Å². The fourth-order valence-electron chi connectivity index (χ4n) is 3.45. The van der Waals surface area contributed by atoms with Crippen molar-refractivity contribution >= 4 is 17.9 Å². The number of rotatable bonds is 6. The van der Waals surface area contributed by atoms with E-state index in [0.717, 1.165) is 33.8 Å². The first-order valence-corrected chi connectivity index (χ1v) is 8.96. The molecule has 1 unspecified atom stereocenters. The van der Waals surface area contributed by atoms with Crippen molar-refractivity contribution in [2.45, 2.75) is 19.0 Å². The van der Waals surface area contributed by atoms with Gasteiger partial charge in [0.25, 0.3) is 0 Å². The van der Waals surface area contributed by atoms with Crippen LogP contribution in [0.5, 0.6) is 0 Å². The molecule has 0 bridgehead atoms. The lowest BCUT2D eigenvalue weighted by atomic mass is 9.99. The minimum Gasteiger partial charge on any atom is -0.384 e. The van der Waals surface area contributed by atoms with Crippen molar-refractivity contribution in [1.29, 1.82) is 0 Å². The van der Waals surface area contributed by atoms with Crippen LogP contribution in [0.1, 0.15) is 23.6 Å². The van der Waals surface area contributed by atoms with Gasteiger partial charge in [-0.05, 0) is 23.3 Å². The van der Waals surface area contributed by atoms with Crippen molar-refractivity contribution in [2.75, 3.05) is 20.8 Å². The van der Waals surface area contributed by atoms with Crippen LogP contribution >= 0.6 is 0 Å². The lowest BCUT2D eigenvalue weighted by molar-refractivity contribution is -0.122. The highest BCUT2D eigenvalue weighted by molar-refractivity contribution is 5.87. The van der Waals surface area contributed by atoms with E-state index in [2.05, 4.69) is 43.9 Å². The summed E-state index contributed by atoms with van der Waals surface area (Å²) in [6.45, 7) is 0.929. The summed E-state index contributed by atoms with van der Waals surface area (Å²) in [5.74, 6) is 0.879. The molecule has 3 N–H and O–H groups in total. The molecule has 0 fully saturated rings. The summed E-state index contributed by atoms with van der Waals surface area (Å²) in [5.41, 5.74) is 8.67. The van der Waals surface area contributed by atoms with Crippen LogP contribution in [0.4, 0.5) is 5.82 Å². The van der Waals surface area contributed by atoms with Gasteiger partial charge in [-0.15, -0.1) is 0 Å². The summed E-state index contributed by atoms with van der Waals surface area (Å²) in [4.78, 5) is 19.7. The Morgan fingerprint density at radius 1 is 1.37 bits per heavy atom. The molecule has 2 aromatic rings. The predicted molar refractivity (Wildman–Crippen MR) is 104 cm³/mol. The molecule has 7 heteroatoms. The number of aromatic amines is 1. The van der Waals surface area contributed by atoms with Gasteiger partial charge in [-0.3, -0.25) is 4.79 Å². The average Bonchev–Trinajstić information content (AvgIpc) is 3.28. The second-order valence-electron chi connectivity index (χ2n) is 6.75. The minimum absolute atomic E-state index is 0.0111. The Hall–Kier alpha value is -2.90. The number of aromatic nitrogens is 1. The number of hydrogen-bond donors (Lipinski definition) is 3. The van der Waals surface area contributed by atoms with Crippen LogP contribution in [0.15, 0.2) is 47.1 Å². The molecule has 0 saturated carbocycles. The first kappa shape index (κ1) is 17.5. The molecule has 7 nitrogen and oxygen atoms in total. The fraction of sp³-hybridized carbons (Fsp3) is 0.300. The van der Waals surface area contributed by atoms with E-state index in [0.29, 0.717) is 19.6 Å². The number of hydrazine groups is 1. The molecule has 3 heterocycles. The molecule has 27 heavy (non-hydrogen) atoms. The van der Waals surface area contributed by atoms with E-state index < -0.39 is 0 Å². The lowest BCUT2D eigenvalue weighted by Crippen LogP contribution is -2.29. The third-order valence-corrected chi connectivity index (χ3v) is 4.86. The summed E-state index contributed by atoms with van der Waals surface area (Å²) >= 11 is 0. The number of fused-ring (bicyclic) bond motifs is 3. The highest BCUT2D eigenvalue weighted by Gasteiger charge is 2.31. The number of methoxy groups -OCH3 is 1. The van der Waals surface area contributed by atoms with Gasteiger partial charge < -0.3 is 20.5 Å². The number of carbonyl (C=O) groups excluding carboxylic acids is 1. The Labute approximate surface area is 158 Å². The number of nitrogens with one attached hydrogen (secondary N) is 3.